The van der Waals surface area contributed by atoms with Gasteiger partial charge in [0.1, 0.15) is 0 Å². The number of rotatable bonds is 3. The molecule has 1 aliphatic carbocycles. The first kappa shape index (κ1) is 11.8. The number of amides is 1. The minimum absolute atomic E-state index is 0.100. The molecule has 0 aromatic heterocycles. The number of carbonyl (C=O) groups excluding carboxylic acids is 1. The van der Waals surface area contributed by atoms with Gasteiger partial charge in [-0.3, -0.25) is 4.79 Å². The molecule has 0 saturated carbocycles. The van der Waals surface area contributed by atoms with E-state index in [1.165, 1.54) is 12.1 Å². The molecule has 1 aromatic carbocycles. The first-order chi connectivity index (χ1) is 8.16. The van der Waals surface area contributed by atoms with Crippen molar-refractivity contribution in [2.45, 2.75) is 19.3 Å². The average molecular weight is 237 g/mol. The zero-order chi connectivity index (χ0) is 12.3. The molecular weight excluding hydrogens is 224 g/mol. The smallest absolute Gasteiger partial charge is 0.225 e. The molecule has 1 atom stereocenters. The van der Waals surface area contributed by atoms with Crippen LogP contribution in [0, 0.1) is 17.6 Å². The van der Waals surface area contributed by atoms with Crippen LogP contribution in [0.1, 0.15) is 19.3 Å². The van der Waals surface area contributed by atoms with E-state index >= 15 is 0 Å². The van der Waals surface area contributed by atoms with Gasteiger partial charge < -0.3 is 5.32 Å². The molecule has 1 amide bonds. The van der Waals surface area contributed by atoms with Gasteiger partial charge in [0.05, 0.1) is 5.69 Å². The van der Waals surface area contributed by atoms with Crippen molar-refractivity contribution < 1.29 is 13.6 Å². The lowest BCUT2D eigenvalue weighted by atomic mass is 10.1. The van der Waals surface area contributed by atoms with Crippen LogP contribution < -0.4 is 5.32 Å². The number of halogens is 2. The molecule has 1 N–H and O–H groups in total. The summed E-state index contributed by atoms with van der Waals surface area (Å²) in [6.07, 6.45) is 6.25. The summed E-state index contributed by atoms with van der Waals surface area (Å²) in [6, 6.07) is 3.73. The van der Waals surface area contributed by atoms with E-state index in [0.717, 1.165) is 18.9 Å². The van der Waals surface area contributed by atoms with Crippen LogP contribution in [0.15, 0.2) is 30.4 Å². The van der Waals surface area contributed by atoms with Gasteiger partial charge in [-0.15, -0.1) is 0 Å². The van der Waals surface area contributed by atoms with Crippen LogP contribution in [0.25, 0.3) is 0 Å². The third-order valence-electron chi connectivity index (χ3n) is 2.79. The highest BCUT2D eigenvalue weighted by atomic mass is 19.2. The van der Waals surface area contributed by atoms with E-state index in [0.29, 0.717) is 6.42 Å². The Bertz CT molecular complexity index is 457. The van der Waals surface area contributed by atoms with Crippen molar-refractivity contribution in [3.8, 4) is 0 Å². The van der Waals surface area contributed by atoms with Crippen LogP contribution >= 0.6 is 0 Å². The van der Waals surface area contributed by atoms with Gasteiger partial charge in [0.15, 0.2) is 11.6 Å². The zero-order valence-corrected chi connectivity index (χ0v) is 9.25. The lowest BCUT2D eigenvalue weighted by Gasteiger charge is -2.09. The van der Waals surface area contributed by atoms with Crippen molar-refractivity contribution in [2.75, 3.05) is 5.32 Å². The van der Waals surface area contributed by atoms with Crippen LogP contribution in [0.3, 0.4) is 0 Å². The van der Waals surface area contributed by atoms with E-state index < -0.39 is 11.6 Å². The van der Waals surface area contributed by atoms with E-state index in [-0.39, 0.29) is 17.5 Å². The van der Waals surface area contributed by atoms with Gasteiger partial charge in [0, 0.05) is 6.42 Å². The molecule has 1 aromatic rings. The molecule has 1 unspecified atom stereocenters. The second-order valence-electron chi connectivity index (χ2n) is 4.12. The molecule has 0 radical (unpaired) electrons. The molecule has 0 aliphatic heterocycles. The van der Waals surface area contributed by atoms with Crippen LogP contribution in [-0.2, 0) is 4.79 Å². The minimum atomic E-state index is -1.01. The number of allylic oxidation sites excluding steroid dienone is 2. The van der Waals surface area contributed by atoms with Gasteiger partial charge >= 0.3 is 0 Å². The average Bonchev–Trinajstić information content (AvgIpc) is 2.77. The van der Waals surface area contributed by atoms with E-state index in [1.807, 2.05) is 12.2 Å². The topological polar surface area (TPSA) is 29.1 Å². The van der Waals surface area contributed by atoms with E-state index in [1.54, 1.807) is 0 Å². The molecule has 90 valence electrons. The fourth-order valence-electron chi connectivity index (χ4n) is 1.91. The Morgan fingerprint density at radius 2 is 2.24 bits per heavy atom. The zero-order valence-electron chi connectivity index (χ0n) is 9.25. The molecule has 17 heavy (non-hydrogen) atoms. The Labute approximate surface area is 98.3 Å². The predicted molar refractivity (Wildman–Crippen MR) is 61.5 cm³/mol. The maximum atomic E-state index is 13.3. The van der Waals surface area contributed by atoms with Crippen molar-refractivity contribution in [3.63, 3.8) is 0 Å². The van der Waals surface area contributed by atoms with Gasteiger partial charge in [-0.1, -0.05) is 18.2 Å². The van der Waals surface area contributed by atoms with Crippen molar-refractivity contribution in [3.05, 3.63) is 42.0 Å². The summed E-state index contributed by atoms with van der Waals surface area (Å²) in [7, 11) is 0. The standard InChI is InChI=1S/C13H13F2NO/c14-10-6-3-7-11(13(10)15)16-12(17)8-9-4-1-2-5-9/h1,3-4,6-7,9H,2,5,8H2,(H,16,17). The van der Waals surface area contributed by atoms with Gasteiger partial charge in [0.25, 0.3) is 0 Å². The quantitative estimate of drug-likeness (QED) is 0.803. The molecule has 2 nitrogen and oxygen atoms in total. The minimum Gasteiger partial charge on any atom is -0.323 e. The van der Waals surface area contributed by atoms with Crippen molar-refractivity contribution in [1.29, 1.82) is 0 Å². The molecule has 0 saturated heterocycles. The van der Waals surface area contributed by atoms with Crippen molar-refractivity contribution in [1.82, 2.24) is 0 Å². The molecule has 0 bridgehead atoms. The van der Waals surface area contributed by atoms with Crippen LogP contribution in [0.5, 0.6) is 0 Å². The van der Waals surface area contributed by atoms with E-state index in [4.69, 9.17) is 0 Å². The Morgan fingerprint density at radius 3 is 2.94 bits per heavy atom. The normalized spacial score (nSPS) is 18.4. The summed E-state index contributed by atoms with van der Waals surface area (Å²) in [5.41, 5.74) is -0.100. The maximum absolute atomic E-state index is 13.3. The summed E-state index contributed by atoms with van der Waals surface area (Å²) < 4.78 is 26.2. The van der Waals surface area contributed by atoms with Crippen LogP contribution in [0.4, 0.5) is 14.5 Å². The Morgan fingerprint density at radius 1 is 1.41 bits per heavy atom. The SMILES string of the molecule is O=C(CC1C=CCC1)Nc1cccc(F)c1F. The number of hydrogen-bond acceptors (Lipinski definition) is 1. The van der Waals surface area contributed by atoms with Gasteiger partial charge in [-0.25, -0.2) is 8.78 Å². The van der Waals surface area contributed by atoms with Crippen LogP contribution in [0.2, 0.25) is 0 Å². The second kappa shape index (κ2) is 5.08. The van der Waals surface area contributed by atoms with E-state index in [2.05, 4.69) is 5.32 Å². The summed E-state index contributed by atoms with van der Waals surface area (Å²) in [5, 5.41) is 2.39. The largest absolute Gasteiger partial charge is 0.323 e. The third-order valence-corrected chi connectivity index (χ3v) is 2.79. The fraction of sp³-hybridized carbons (Fsp3) is 0.308. The first-order valence-electron chi connectivity index (χ1n) is 5.57. The highest BCUT2D eigenvalue weighted by Gasteiger charge is 2.16. The third kappa shape index (κ3) is 2.90. The number of anilines is 1. The molecule has 4 heteroatoms. The van der Waals surface area contributed by atoms with E-state index in [9.17, 15) is 13.6 Å². The summed E-state index contributed by atoms with van der Waals surface area (Å²) in [4.78, 5) is 11.6. The highest BCUT2D eigenvalue weighted by molar-refractivity contribution is 5.91. The molecule has 0 heterocycles. The summed E-state index contributed by atoms with van der Waals surface area (Å²) in [5.74, 6) is -2.04. The van der Waals surface area contributed by atoms with Gasteiger partial charge in [0.2, 0.25) is 5.91 Å². The fourth-order valence-corrected chi connectivity index (χ4v) is 1.91. The van der Waals surface area contributed by atoms with Gasteiger partial charge in [-0.2, -0.15) is 0 Å². The Kier molecular flexibility index (Phi) is 3.52. The number of hydrogen-bond donors (Lipinski definition) is 1. The summed E-state index contributed by atoms with van der Waals surface area (Å²) >= 11 is 0. The molecule has 0 spiro atoms. The van der Waals surface area contributed by atoms with Crippen molar-refractivity contribution in [2.24, 2.45) is 5.92 Å². The maximum Gasteiger partial charge on any atom is 0.225 e. The number of benzene rings is 1. The molecular formula is C13H13F2NO. The molecule has 2 rings (SSSR count). The Balaban J connectivity index is 1.98. The monoisotopic (exact) mass is 237 g/mol. The first-order valence-corrected chi connectivity index (χ1v) is 5.57. The second-order valence-corrected chi connectivity index (χ2v) is 4.12. The summed E-state index contributed by atoms with van der Waals surface area (Å²) in [6.45, 7) is 0. The molecule has 1 aliphatic rings. The van der Waals surface area contributed by atoms with Crippen molar-refractivity contribution >= 4 is 11.6 Å². The number of nitrogens with one attached hydrogen (secondary N) is 1. The molecule has 0 fully saturated rings. The number of carbonyl (C=O) groups is 1. The highest BCUT2D eigenvalue weighted by Crippen LogP contribution is 2.22. The van der Waals surface area contributed by atoms with Gasteiger partial charge in [-0.05, 0) is 30.9 Å². The lowest BCUT2D eigenvalue weighted by molar-refractivity contribution is -0.116. The van der Waals surface area contributed by atoms with Crippen LogP contribution in [-0.4, -0.2) is 5.91 Å². The Hall–Kier alpha value is -1.71. The lowest BCUT2D eigenvalue weighted by Crippen LogP contribution is -2.16. The predicted octanol–water partition coefficient (Wildman–Crippen LogP) is 3.26.